The summed E-state index contributed by atoms with van der Waals surface area (Å²) < 4.78 is 65.5. The topological polar surface area (TPSA) is 61.6 Å². The normalized spacial score (nSPS) is 11.6. The Kier molecular flexibility index (Phi) is 4.57. The fourth-order valence-electron chi connectivity index (χ4n) is 1.65. The molecule has 23 heavy (non-hydrogen) atoms. The smallest absolute Gasteiger partial charge is 0.453 e. The lowest BCUT2D eigenvalue weighted by atomic mass is 10.2. The van der Waals surface area contributed by atoms with Crippen molar-refractivity contribution >= 4 is 5.97 Å². The standard InChI is InChI=1S/C14H11F4NO4/c1-7(2)21-8-3-4-11(10(15)5-8)22-13(20)9-6-19-23-12(9)14(16,17)18/h3-7H,1-2H3. The Hall–Kier alpha value is -2.58. The molecule has 1 heterocycles. The van der Waals surface area contributed by atoms with Gasteiger partial charge >= 0.3 is 12.1 Å². The zero-order valence-corrected chi connectivity index (χ0v) is 12.0. The molecule has 2 rings (SSSR count). The zero-order chi connectivity index (χ0) is 17.2. The lowest BCUT2D eigenvalue weighted by Crippen LogP contribution is -2.15. The van der Waals surface area contributed by atoms with Gasteiger partial charge in [-0.2, -0.15) is 13.2 Å². The fraction of sp³-hybridized carbons (Fsp3) is 0.286. The van der Waals surface area contributed by atoms with E-state index in [9.17, 15) is 22.4 Å². The number of ether oxygens (including phenoxy) is 2. The summed E-state index contributed by atoms with van der Waals surface area (Å²) in [6.07, 6.45) is -4.56. The molecule has 0 aliphatic heterocycles. The quantitative estimate of drug-likeness (QED) is 0.483. The van der Waals surface area contributed by atoms with E-state index in [1.807, 2.05) is 0 Å². The van der Waals surface area contributed by atoms with E-state index >= 15 is 0 Å². The van der Waals surface area contributed by atoms with E-state index in [-0.39, 0.29) is 11.9 Å². The van der Waals surface area contributed by atoms with Crippen molar-refractivity contribution in [1.82, 2.24) is 5.16 Å². The van der Waals surface area contributed by atoms with E-state index in [2.05, 4.69) is 14.4 Å². The summed E-state index contributed by atoms with van der Waals surface area (Å²) in [7, 11) is 0. The van der Waals surface area contributed by atoms with Gasteiger partial charge in [-0.25, -0.2) is 9.18 Å². The number of esters is 1. The molecule has 0 N–H and O–H groups in total. The average molecular weight is 333 g/mol. The van der Waals surface area contributed by atoms with Gasteiger partial charge in [0.15, 0.2) is 11.6 Å². The second-order valence-corrected chi connectivity index (χ2v) is 4.71. The largest absolute Gasteiger partial charge is 0.491 e. The lowest BCUT2D eigenvalue weighted by molar-refractivity contribution is -0.156. The molecule has 0 fully saturated rings. The van der Waals surface area contributed by atoms with Crippen LogP contribution in [0, 0.1) is 5.82 Å². The number of carbonyl (C=O) groups is 1. The van der Waals surface area contributed by atoms with Gasteiger partial charge in [0.25, 0.3) is 5.76 Å². The summed E-state index contributed by atoms with van der Waals surface area (Å²) in [5.74, 6) is -4.35. The maximum absolute atomic E-state index is 13.8. The maximum Gasteiger partial charge on any atom is 0.453 e. The number of aromatic nitrogens is 1. The molecular weight excluding hydrogens is 322 g/mol. The van der Waals surface area contributed by atoms with E-state index in [4.69, 9.17) is 4.74 Å². The fourth-order valence-corrected chi connectivity index (χ4v) is 1.65. The zero-order valence-electron chi connectivity index (χ0n) is 12.0. The van der Waals surface area contributed by atoms with Crippen LogP contribution < -0.4 is 9.47 Å². The highest BCUT2D eigenvalue weighted by molar-refractivity contribution is 5.91. The third-order valence-electron chi connectivity index (χ3n) is 2.53. The van der Waals surface area contributed by atoms with Crippen molar-refractivity contribution in [1.29, 1.82) is 0 Å². The Morgan fingerprint density at radius 1 is 1.30 bits per heavy atom. The van der Waals surface area contributed by atoms with E-state index in [0.717, 1.165) is 12.1 Å². The van der Waals surface area contributed by atoms with Gasteiger partial charge in [-0.3, -0.25) is 0 Å². The molecule has 0 saturated heterocycles. The van der Waals surface area contributed by atoms with Crippen molar-refractivity contribution in [2.75, 3.05) is 0 Å². The number of alkyl halides is 3. The highest BCUT2D eigenvalue weighted by atomic mass is 19.4. The number of carbonyl (C=O) groups excluding carboxylic acids is 1. The summed E-state index contributed by atoms with van der Waals surface area (Å²) in [5.41, 5.74) is -0.945. The minimum absolute atomic E-state index is 0.193. The molecular formula is C14H11F4NO4. The van der Waals surface area contributed by atoms with Crippen LogP contribution in [-0.4, -0.2) is 17.2 Å². The number of halogens is 4. The molecule has 9 heteroatoms. The third-order valence-corrected chi connectivity index (χ3v) is 2.53. The van der Waals surface area contributed by atoms with Crippen LogP contribution in [0.1, 0.15) is 30.0 Å². The van der Waals surface area contributed by atoms with Gasteiger partial charge in [0, 0.05) is 6.07 Å². The van der Waals surface area contributed by atoms with Gasteiger partial charge in [-0.05, 0) is 26.0 Å². The number of nitrogens with zero attached hydrogens (tertiary/aromatic N) is 1. The monoisotopic (exact) mass is 333 g/mol. The van der Waals surface area contributed by atoms with Crippen molar-refractivity contribution in [3.05, 3.63) is 41.5 Å². The molecule has 1 aromatic heterocycles. The van der Waals surface area contributed by atoms with Gasteiger partial charge in [-0.15, -0.1) is 0 Å². The van der Waals surface area contributed by atoms with E-state index in [1.165, 1.54) is 6.07 Å². The van der Waals surface area contributed by atoms with Gasteiger partial charge < -0.3 is 14.0 Å². The Morgan fingerprint density at radius 3 is 2.57 bits per heavy atom. The van der Waals surface area contributed by atoms with Crippen molar-refractivity contribution in [2.45, 2.75) is 26.1 Å². The lowest BCUT2D eigenvalue weighted by Gasteiger charge is -2.11. The minimum atomic E-state index is -4.92. The van der Waals surface area contributed by atoms with Gasteiger partial charge in [0.1, 0.15) is 11.3 Å². The van der Waals surface area contributed by atoms with E-state index in [0.29, 0.717) is 6.20 Å². The molecule has 0 atom stereocenters. The molecule has 0 unspecified atom stereocenters. The molecule has 0 saturated carbocycles. The number of hydrogen-bond acceptors (Lipinski definition) is 5. The predicted molar refractivity (Wildman–Crippen MR) is 68.6 cm³/mol. The van der Waals surface area contributed by atoms with Crippen LogP contribution in [0.15, 0.2) is 28.9 Å². The van der Waals surface area contributed by atoms with Crippen LogP contribution in [-0.2, 0) is 6.18 Å². The first-order chi connectivity index (χ1) is 10.7. The van der Waals surface area contributed by atoms with Crippen molar-refractivity contribution in [3.63, 3.8) is 0 Å². The maximum atomic E-state index is 13.8. The SMILES string of the molecule is CC(C)Oc1ccc(OC(=O)c2cnoc2C(F)(F)F)c(F)c1. The molecule has 0 aliphatic carbocycles. The summed E-state index contributed by atoms with van der Waals surface area (Å²) in [6, 6.07) is 3.36. The van der Waals surface area contributed by atoms with Gasteiger partial charge in [0.2, 0.25) is 0 Å². The van der Waals surface area contributed by atoms with Crippen LogP contribution in [0.2, 0.25) is 0 Å². The highest BCUT2D eigenvalue weighted by Gasteiger charge is 2.41. The Labute approximate surface area is 127 Å². The Morgan fingerprint density at radius 2 is 2.00 bits per heavy atom. The first-order valence-electron chi connectivity index (χ1n) is 6.38. The molecule has 124 valence electrons. The molecule has 0 radical (unpaired) electrons. The van der Waals surface area contributed by atoms with Crippen LogP contribution in [0.25, 0.3) is 0 Å². The summed E-state index contributed by atoms with van der Waals surface area (Å²) in [4.78, 5) is 11.7. The summed E-state index contributed by atoms with van der Waals surface area (Å²) >= 11 is 0. The first-order valence-corrected chi connectivity index (χ1v) is 6.38. The summed E-state index contributed by atoms with van der Waals surface area (Å²) in [6.45, 7) is 3.47. The predicted octanol–water partition coefficient (Wildman–Crippen LogP) is 3.84. The second kappa shape index (κ2) is 6.27. The number of rotatable bonds is 4. The molecule has 0 amide bonds. The second-order valence-electron chi connectivity index (χ2n) is 4.71. The van der Waals surface area contributed by atoms with E-state index in [1.54, 1.807) is 13.8 Å². The Balaban J connectivity index is 2.20. The van der Waals surface area contributed by atoms with Crippen molar-refractivity contribution < 1.29 is 36.4 Å². The minimum Gasteiger partial charge on any atom is -0.491 e. The average Bonchev–Trinajstić information content (AvgIpc) is 2.90. The van der Waals surface area contributed by atoms with Crippen LogP contribution in [0.5, 0.6) is 11.5 Å². The molecule has 0 aliphatic rings. The van der Waals surface area contributed by atoms with Gasteiger partial charge in [-0.1, -0.05) is 5.16 Å². The number of benzene rings is 1. The van der Waals surface area contributed by atoms with Crippen LogP contribution in [0.3, 0.4) is 0 Å². The third kappa shape index (κ3) is 3.99. The van der Waals surface area contributed by atoms with Crippen LogP contribution >= 0.6 is 0 Å². The molecule has 0 spiro atoms. The van der Waals surface area contributed by atoms with Crippen LogP contribution in [0.4, 0.5) is 17.6 Å². The molecule has 0 bridgehead atoms. The van der Waals surface area contributed by atoms with E-state index < -0.39 is 35.0 Å². The summed E-state index contributed by atoms with van der Waals surface area (Å²) in [5, 5.41) is 2.91. The Bertz CT molecular complexity index is 709. The van der Waals surface area contributed by atoms with Gasteiger partial charge in [0.05, 0.1) is 12.3 Å². The molecule has 2 aromatic rings. The molecule has 5 nitrogen and oxygen atoms in total. The molecule has 1 aromatic carbocycles. The number of hydrogen-bond donors (Lipinski definition) is 0. The highest BCUT2D eigenvalue weighted by Crippen LogP contribution is 2.32. The van der Waals surface area contributed by atoms with Crippen molar-refractivity contribution in [3.8, 4) is 11.5 Å². The van der Waals surface area contributed by atoms with Crippen molar-refractivity contribution in [2.24, 2.45) is 0 Å². The first kappa shape index (κ1) is 16.8.